The fraction of sp³-hybridized carbons (Fsp3) is 0.304. The molecule has 0 saturated heterocycles. The Balaban J connectivity index is 1.84. The number of benzene rings is 2. The highest BCUT2D eigenvalue weighted by molar-refractivity contribution is 5.69. The van der Waals surface area contributed by atoms with Crippen LogP contribution in [0.1, 0.15) is 19.4 Å². The minimum absolute atomic E-state index is 0.216. The number of aromatic nitrogens is 2. The van der Waals surface area contributed by atoms with Crippen molar-refractivity contribution >= 4 is 0 Å². The van der Waals surface area contributed by atoms with Gasteiger partial charge in [-0.15, -0.1) is 0 Å². The number of hydrogen-bond acceptors (Lipinski definition) is 5. The van der Waals surface area contributed by atoms with Crippen molar-refractivity contribution in [2.24, 2.45) is 0 Å². The van der Waals surface area contributed by atoms with Gasteiger partial charge in [-0.2, -0.15) is 4.98 Å². The summed E-state index contributed by atoms with van der Waals surface area (Å²) in [6.07, 6.45) is 0. The molecule has 1 heterocycles. The molecule has 29 heavy (non-hydrogen) atoms. The predicted molar refractivity (Wildman–Crippen MR) is 115 cm³/mol. The van der Waals surface area contributed by atoms with E-state index in [1.165, 1.54) is 0 Å². The summed E-state index contributed by atoms with van der Waals surface area (Å²) in [6.45, 7) is 9.55. The smallest absolute Gasteiger partial charge is 0.345 e. The Morgan fingerprint density at radius 3 is 2.59 bits per heavy atom. The second-order valence-electron chi connectivity index (χ2n) is 6.89. The van der Waals surface area contributed by atoms with Crippen molar-refractivity contribution in [1.82, 2.24) is 14.9 Å². The monoisotopic (exact) mass is 393 g/mol. The van der Waals surface area contributed by atoms with Crippen molar-refractivity contribution < 1.29 is 9.84 Å². The van der Waals surface area contributed by atoms with Gasteiger partial charge in [0.2, 0.25) is 0 Å². The first-order valence-corrected chi connectivity index (χ1v) is 9.87. The molecule has 0 atom stereocenters. The van der Waals surface area contributed by atoms with Gasteiger partial charge in [-0.3, -0.25) is 0 Å². The molecule has 152 valence electrons. The number of likely N-dealkylation sites (N-methyl/N-ethyl adjacent to an activating group) is 1. The molecule has 6 heteroatoms. The first-order valence-electron chi connectivity index (χ1n) is 9.87. The summed E-state index contributed by atoms with van der Waals surface area (Å²) >= 11 is 0. The van der Waals surface area contributed by atoms with Gasteiger partial charge >= 0.3 is 5.69 Å². The van der Waals surface area contributed by atoms with Crippen LogP contribution >= 0.6 is 0 Å². The molecule has 1 aromatic heterocycles. The second kappa shape index (κ2) is 9.39. The van der Waals surface area contributed by atoms with E-state index in [0.29, 0.717) is 18.0 Å². The second-order valence-corrected chi connectivity index (χ2v) is 6.89. The molecule has 6 nitrogen and oxygen atoms in total. The lowest BCUT2D eigenvalue weighted by Gasteiger charge is -2.18. The highest BCUT2D eigenvalue weighted by atomic mass is 16.5. The number of aromatic amines is 1. The topological polar surface area (TPSA) is 78.5 Å². The SMILES string of the molecule is CCN(CC)CCOc1cccc(-c2cc(-c3ccc(O)c(C)c3)nc(=O)[nH]2)c1. The number of phenols is 1. The van der Waals surface area contributed by atoms with E-state index in [4.69, 9.17) is 4.74 Å². The number of ether oxygens (including phenoxy) is 1. The molecule has 3 rings (SSSR count). The average Bonchev–Trinajstić information content (AvgIpc) is 2.73. The predicted octanol–water partition coefficient (Wildman–Crippen LogP) is 3.84. The van der Waals surface area contributed by atoms with E-state index >= 15 is 0 Å². The Bertz CT molecular complexity index is 1030. The lowest BCUT2D eigenvalue weighted by Crippen LogP contribution is -2.27. The zero-order valence-electron chi connectivity index (χ0n) is 17.1. The summed E-state index contributed by atoms with van der Waals surface area (Å²) in [5.41, 5.74) is 3.16. The van der Waals surface area contributed by atoms with E-state index in [0.717, 1.165) is 42.1 Å². The van der Waals surface area contributed by atoms with Gasteiger partial charge in [-0.1, -0.05) is 26.0 Å². The molecule has 0 spiro atoms. The Hall–Kier alpha value is -3.12. The van der Waals surface area contributed by atoms with Crippen molar-refractivity contribution in [1.29, 1.82) is 0 Å². The maximum Gasteiger partial charge on any atom is 0.345 e. The summed E-state index contributed by atoms with van der Waals surface area (Å²) < 4.78 is 5.90. The third-order valence-corrected chi connectivity index (χ3v) is 4.95. The van der Waals surface area contributed by atoms with Crippen LogP contribution in [0.5, 0.6) is 11.5 Å². The molecular formula is C23H27N3O3. The maximum absolute atomic E-state index is 12.2. The van der Waals surface area contributed by atoms with Crippen molar-refractivity contribution in [2.75, 3.05) is 26.2 Å². The molecule has 0 aliphatic heterocycles. The van der Waals surface area contributed by atoms with Crippen LogP contribution < -0.4 is 10.4 Å². The van der Waals surface area contributed by atoms with Gasteiger partial charge in [-0.25, -0.2) is 4.79 Å². The Morgan fingerprint density at radius 1 is 1.07 bits per heavy atom. The zero-order chi connectivity index (χ0) is 20.8. The molecule has 2 N–H and O–H groups in total. The van der Waals surface area contributed by atoms with Gasteiger partial charge in [-0.05, 0) is 62.0 Å². The summed E-state index contributed by atoms with van der Waals surface area (Å²) in [7, 11) is 0. The molecule has 0 aliphatic carbocycles. The summed E-state index contributed by atoms with van der Waals surface area (Å²) in [4.78, 5) is 21.3. The molecule has 0 saturated carbocycles. The average molecular weight is 393 g/mol. The molecule has 0 fully saturated rings. The van der Waals surface area contributed by atoms with Gasteiger partial charge in [0.15, 0.2) is 0 Å². The number of rotatable bonds is 8. The largest absolute Gasteiger partial charge is 0.508 e. The van der Waals surface area contributed by atoms with Gasteiger partial charge < -0.3 is 19.7 Å². The number of aryl methyl sites for hydroxylation is 1. The minimum atomic E-state index is -0.420. The summed E-state index contributed by atoms with van der Waals surface area (Å²) in [5.74, 6) is 0.975. The summed E-state index contributed by atoms with van der Waals surface area (Å²) in [5, 5.41) is 9.74. The minimum Gasteiger partial charge on any atom is -0.508 e. The number of aromatic hydroxyl groups is 1. The van der Waals surface area contributed by atoms with Gasteiger partial charge in [0, 0.05) is 17.7 Å². The van der Waals surface area contributed by atoms with Crippen LogP contribution in [0, 0.1) is 6.92 Å². The van der Waals surface area contributed by atoms with E-state index < -0.39 is 5.69 Å². The molecule has 0 unspecified atom stereocenters. The fourth-order valence-electron chi connectivity index (χ4n) is 3.16. The third kappa shape index (κ3) is 5.23. The van der Waals surface area contributed by atoms with E-state index in [1.54, 1.807) is 12.1 Å². The molecule has 0 radical (unpaired) electrons. The fourth-order valence-corrected chi connectivity index (χ4v) is 3.16. The number of phenolic OH excluding ortho intramolecular Hbond substituents is 1. The van der Waals surface area contributed by atoms with E-state index in [2.05, 4.69) is 28.7 Å². The third-order valence-electron chi connectivity index (χ3n) is 4.95. The first kappa shape index (κ1) is 20.6. The Labute approximate surface area is 170 Å². The van der Waals surface area contributed by atoms with Crippen LogP contribution in [0.25, 0.3) is 22.5 Å². The van der Waals surface area contributed by atoms with Crippen LogP contribution in [0.4, 0.5) is 0 Å². The molecule has 0 amide bonds. The molecular weight excluding hydrogens is 366 g/mol. The van der Waals surface area contributed by atoms with Gasteiger partial charge in [0.05, 0.1) is 11.4 Å². The zero-order valence-corrected chi connectivity index (χ0v) is 17.1. The molecule has 2 aromatic carbocycles. The van der Waals surface area contributed by atoms with Crippen LogP contribution in [-0.4, -0.2) is 46.2 Å². The number of H-pyrrole nitrogens is 1. The number of hydrogen-bond donors (Lipinski definition) is 2. The highest BCUT2D eigenvalue weighted by Crippen LogP contribution is 2.27. The van der Waals surface area contributed by atoms with Gasteiger partial charge in [0.1, 0.15) is 18.1 Å². The van der Waals surface area contributed by atoms with E-state index in [-0.39, 0.29) is 5.75 Å². The highest BCUT2D eigenvalue weighted by Gasteiger charge is 2.09. The lowest BCUT2D eigenvalue weighted by molar-refractivity contribution is 0.223. The van der Waals surface area contributed by atoms with Gasteiger partial charge in [0.25, 0.3) is 0 Å². The Kier molecular flexibility index (Phi) is 6.67. The van der Waals surface area contributed by atoms with E-state index in [9.17, 15) is 9.90 Å². The maximum atomic E-state index is 12.2. The van der Waals surface area contributed by atoms with Crippen LogP contribution in [0.15, 0.2) is 53.3 Å². The summed E-state index contributed by atoms with van der Waals surface area (Å²) in [6, 6.07) is 14.7. The molecule has 0 bridgehead atoms. The van der Waals surface area contributed by atoms with Crippen molar-refractivity contribution in [2.45, 2.75) is 20.8 Å². The first-order chi connectivity index (χ1) is 14.0. The van der Waals surface area contributed by atoms with Crippen molar-refractivity contribution in [3.63, 3.8) is 0 Å². The number of nitrogens with zero attached hydrogens (tertiary/aromatic N) is 2. The van der Waals surface area contributed by atoms with Crippen LogP contribution in [0.3, 0.4) is 0 Å². The quantitative estimate of drug-likeness (QED) is 0.608. The Morgan fingerprint density at radius 2 is 1.86 bits per heavy atom. The normalized spacial score (nSPS) is 11.0. The van der Waals surface area contributed by atoms with Crippen LogP contribution in [0.2, 0.25) is 0 Å². The van der Waals surface area contributed by atoms with Crippen molar-refractivity contribution in [3.8, 4) is 34.0 Å². The van der Waals surface area contributed by atoms with E-state index in [1.807, 2.05) is 43.3 Å². The lowest BCUT2D eigenvalue weighted by atomic mass is 10.1. The number of nitrogens with one attached hydrogen (secondary N) is 1. The van der Waals surface area contributed by atoms with Crippen LogP contribution in [-0.2, 0) is 0 Å². The molecule has 3 aromatic rings. The molecule has 0 aliphatic rings. The standard InChI is InChI=1S/C23H27N3O3/c1-4-26(5-2)11-12-29-19-8-6-7-17(14-19)20-15-21(25-23(28)24-20)18-9-10-22(27)16(3)13-18/h6-10,13-15,27H,4-5,11-12H2,1-3H3,(H,24,25,28). The van der Waals surface area contributed by atoms with Crippen molar-refractivity contribution in [3.05, 3.63) is 64.6 Å².